The molecule has 0 fully saturated rings. The first kappa shape index (κ1) is 20.2. The predicted molar refractivity (Wildman–Crippen MR) is 96.9 cm³/mol. The summed E-state index contributed by atoms with van der Waals surface area (Å²) in [6, 6.07) is 7.23. The second kappa shape index (κ2) is 9.52. The zero-order valence-electron chi connectivity index (χ0n) is 15.0. The Hall–Kier alpha value is -3.15. The number of hydrogen-bond acceptors (Lipinski definition) is 6. The number of ether oxygens (including phenoxy) is 2. The number of aliphatic hydroxyl groups excluding tert-OH is 1. The number of nitrogens with zero attached hydrogens (tertiary/aromatic N) is 1. The van der Waals surface area contributed by atoms with E-state index >= 15 is 0 Å². The van der Waals surface area contributed by atoms with Gasteiger partial charge in [0.05, 0.1) is 6.61 Å². The van der Waals surface area contributed by atoms with Crippen molar-refractivity contribution in [3.05, 3.63) is 68.0 Å². The van der Waals surface area contributed by atoms with Gasteiger partial charge in [0.2, 0.25) is 0 Å². The van der Waals surface area contributed by atoms with E-state index in [1.165, 1.54) is 13.1 Å². The Kier molecular flexibility index (Phi) is 7.11. The summed E-state index contributed by atoms with van der Waals surface area (Å²) in [7, 11) is 0. The third-order valence-corrected chi connectivity index (χ3v) is 3.60. The molecule has 2 aromatic rings. The van der Waals surface area contributed by atoms with E-state index in [0.717, 1.165) is 10.1 Å². The van der Waals surface area contributed by atoms with Crippen LogP contribution < -0.4 is 11.2 Å². The third kappa shape index (κ3) is 5.95. The standard InChI is InChI=1S/C19H20N2O6/c1-13-5-3-4-6-16(13)17(23)8-7-15-11-21(19(25)20-18(15)24)12-26-9-10-27-14(2)22/h3-6,11,17,23H,9-10,12H2,1-2H3,(H,20,24,25). The molecular formula is C19H20N2O6. The number of aryl methyl sites for hydroxylation is 1. The smallest absolute Gasteiger partial charge is 0.330 e. The van der Waals surface area contributed by atoms with Gasteiger partial charge in [-0.05, 0) is 18.1 Å². The third-order valence-electron chi connectivity index (χ3n) is 3.60. The molecule has 2 rings (SSSR count). The van der Waals surface area contributed by atoms with Crippen molar-refractivity contribution in [2.75, 3.05) is 13.2 Å². The van der Waals surface area contributed by atoms with Crippen LogP contribution in [0.5, 0.6) is 0 Å². The van der Waals surface area contributed by atoms with Crippen LogP contribution in [0.4, 0.5) is 0 Å². The Morgan fingerprint density at radius 2 is 2.04 bits per heavy atom. The normalized spacial score (nSPS) is 11.4. The van der Waals surface area contributed by atoms with Crippen LogP contribution in [0.15, 0.2) is 40.1 Å². The van der Waals surface area contributed by atoms with Gasteiger partial charge in [-0.1, -0.05) is 36.1 Å². The minimum Gasteiger partial charge on any atom is -0.463 e. The van der Waals surface area contributed by atoms with Crippen LogP contribution in [0.2, 0.25) is 0 Å². The number of aliphatic hydroxyl groups is 1. The molecule has 1 heterocycles. The number of carbonyl (C=O) groups is 1. The highest BCUT2D eigenvalue weighted by atomic mass is 16.6. The molecule has 1 atom stereocenters. The summed E-state index contributed by atoms with van der Waals surface area (Å²) in [4.78, 5) is 36.5. The van der Waals surface area contributed by atoms with E-state index < -0.39 is 23.3 Å². The Balaban J connectivity index is 2.12. The molecule has 8 nitrogen and oxygen atoms in total. The average molecular weight is 372 g/mol. The van der Waals surface area contributed by atoms with Crippen LogP contribution in [0, 0.1) is 18.8 Å². The molecule has 0 aliphatic rings. The number of rotatable bonds is 6. The summed E-state index contributed by atoms with van der Waals surface area (Å²) < 4.78 is 11.1. The van der Waals surface area contributed by atoms with E-state index in [4.69, 9.17) is 9.47 Å². The van der Waals surface area contributed by atoms with E-state index in [1.807, 2.05) is 19.1 Å². The molecular weight excluding hydrogens is 352 g/mol. The van der Waals surface area contributed by atoms with Crippen molar-refractivity contribution in [3.63, 3.8) is 0 Å². The summed E-state index contributed by atoms with van der Waals surface area (Å²) in [5.41, 5.74) is 0.229. The first-order valence-electron chi connectivity index (χ1n) is 8.18. The molecule has 0 aliphatic heterocycles. The molecule has 0 radical (unpaired) electrons. The highest BCUT2D eigenvalue weighted by molar-refractivity contribution is 5.65. The van der Waals surface area contributed by atoms with Gasteiger partial charge < -0.3 is 14.6 Å². The lowest BCUT2D eigenvalue weighted by molar-refractivity contribution is -0.142. The minimum atomic E-state index is -1.06. The minimum absolute atomic E-state index is 0.0193. The van der Waals surface area contributed by atoms with Crippen LogP contribution in [0.3, 0.4) is 0 Å². The molecule has 0 aliphatic carbocycles. The monoisotopic (exact) mass is 372 g/mol. The first-order valence-corrected chi connectivity index (χ1v) is 8.18. The molecule has 8 heteroatoms. The van der Waals surface area contributed by atoms with E-state index in [0.29, 0.717) is 5.56 Å². The number of aromatic nitrogens is 2. The van der Waals surface area contributed by atoms with Crippen LogP contribution >= 0.6 is 0 Å². The van der Waals surface area contributed by atoms with Crippen molar-refractivity contribution in [1.82, 2.24) is 9.55 Å². The van der Waals surface area contributed by atoms with Gasteiger partial charge in [0, 0.05) is 13.1 Å². The van der Waals surface area contributed by atoms with Crippen LogP contribution in [-0.4, -0.2) is 33.8 Å². The van der Waals surface area contributed by atoms with Crippen LogP contribution in [0.1, 0.15) is 29.7 Å². The van der Waals surface area contributed by atoms with Crippen LogP contribution in [0.25, 0.3) is 0 Å². The molecule has 0 saturated carbocycles. The molecule has 0 amide bonds. The van der Waals surface area contributed by atoms with Crippen molar-refractivity contribution in [1.29, 1.82) is 0 Å². The van der Waals surface area contributed by atoms with E-state index in [1.54, 1.807) is 12.1 Å². The largest absolute Gasteiger partial charge is 0.463 e. The number of benzene rings is 1. The van der Waals surface area contributed by atoms with Crippen LogP contribution in [-0.2, 0) is 21.0 Å². The maximum absolute atomic E-state index is 11.9. The number of carbonyl (C=O) groups excluding carboxylic acids is 1. The molecule has 0 saturated heterocycles. The molecule has 0 spiro atoms. The topological polar surface area (TPSA) is 111 Å². The number of H-pyrrole nitrogens is 1. The predicted octanol–water partition coefficient (Wildman–Crippen LogP) is 0.467. The number of nitrogens with one attached hydrogen (secondary N) is 1. The van der Waals surface area contributed by atoms with Gasteiger partial charge in [0.25, 0.3) is 5.56 Å². The molecule has 2 N–H and O–H groups in total. The Morgan fingerprint density at radius 1 is 1.30 bits per heavy atom. The highest BCUT2D eigenvalue weighted by Crippen LogP contribution is 2.16. The van der Waals surface area contributed by atoms with Gasteiger partial charge in [0.1, 0.15) is 25.0 Å². The van der Waals surface area contributed by atoms with Gasteiger partial charge >= 0.3 is 11.7 Å². The molecule has 142 valence electrons. The van der Waals surface area contributed by atoms with Crippen molar-refractivity contribution in [2.24, 2.45) is 0 Å². The first-order chi connectivity index (χ1) is 12.9. The summed E-state index contributed by atoms with van der Waals surface area (Å²) in [6.45, 7) is 3.13. The van der Waals surface area contributed by atoms with E-state index in [9.17, 15) is 19.5 Å². The summed E-state index contributed by atoms with van der Waals surface area (Å²) >= 11 is 0. The maximum atomic E-state index is 11.9. The SMILES string of the molecule is CC(=O)OCCOCn1cc(C#CC(O)c2ccccc2C)c(=O)[nH]c1=O. The molecule has 1 unspecified atom stereocenters. The van der Waals surface area contributed by atoms with Gasteiger partial charge in [0.15, 0.2) is 0 Å². The van der Waals surface area contributed by atoms with Crippen molar-refractivity contribution >= 4 is 5.97 Å². The number of hydrogen-bond donors (Lipinski definition) is 2. The summed E-state index contributed by atoms with van der Waals surface area (Å²) in [6.07, 6.45) is 0.191. The second-order valence-corrected chi connectivity index (χ2v) is 5.68. The highest BCUT2D eigenvalue weighted by Gasteiger charge is 2.07. The van der Waals surface area contributed by atoms with Crippen molar-refractivity contribution in [3.8, 4) is 11.8 Å². The Labute approximate surface area is 155 Å². The molecule has 27 heavy (non-hydrogen) atoms. The fraction of sp³-hybridized carbons (Fsp3) is 0.316. The molecule has 1 aromatic carbocycles. The van der Waals surface area contributed by atoms with Gasteiger partial charge in [-0.15, -0.1) is 0 Å². The van der Waals surface area contributed by atoms with E-state index in [2.05, 4.69) is 16.8 Å². The lowest BCUT2D eigenvalue weighted by atomic mass is 10.0. The number of esters is 1. The summed E-state index contributed by atoms with van der Waals surface area (Å²) in [5.74, 6) is 4.77. The average Bonchev–Trinajstić information content (AvgIpc) is 2.62. The lowest BCUT2D eigenvalue weighted by Crippen LogP contribution is -2.32. The van der Waals surface area contributed by atoms with Crippen molar-refractivity contribution < 1.29 is 19.4 Å². The molecule has 0 bridgehead atoms. The quantitative estimate of drug-likeness (QED) is 0.433. The maximum Gasteiger partial charge on any atom is 0.330 e. The fourth-order valence-corrected chi connectivity index (χ4v) is 2.22. The number of aromatic amines is 1. The van der Waals surface area contributed by atoms with Gasteiger partial charge in [-0.25, -0.2) is 4.79 Å². The lowest BCUT2D eigenvalue weighted by Gasteiger charge is -2.08. The van der Waals surface area contributed by atoms with Crippen molar-refractivity contribution in [2.45, 2.75) is 26.7 Å². The Bertz CT molecular complexity index is 980. The zero-order valence-corrected chi connectivity index (χ0v) is 15.0. The fourth-order valence-electron chi connectivity index (χ4n) is 2.22. The summed E-state index contributed by atoms with van der Waals surface area (Å²) in [5, 5.41) is 10.2. The zero-order chi connectivity index (χ0) is 19.8. The van der Waals surface area contributed by atoms with Gasteiger partial charge in [-0.3, -0.25) is 19.1 Å². The Morgan fingerprint density at radius 3 is 2.74 bits per heavy atom. The van der Waals surface area contributed by atoms with E-state index in [-0.39, 0.29) is 25.5 Å². The van der Waals surface area contributed by atoms with Gasteiger partial charge in [-0.2, -0.15) is 0 Å². The molecule has 1 aromatic heterocycles. The second-order valence-electron chi connectivity index (χ2n) is 5.68.